The number of piperazine rings is 1. The Balaban J connectivity index is 1.34. The molecule has 27 heavy (non-hydrogen) atoms. The van der Waals surface area contributed by atoms with Crippen LogP contribution in [-0.4, -0.2) is 47.2 Å². The molecule has 6 heteroatoms. The summed E-state index contributed by atoms with van der Waals surface area (Å²) in [5, 5.41) is 8.26. The summed E-state index contributed by atoms with van der Waals surface area (Å²) in [4.78, 5) is 17.0. The molecule has 144 valence electrons. The van der Waals surface area contributed by atoms with Crippen molar-refractivity contribution in [1.82, 2.24) is 15.1 Å². The largest absolute Gasteiger partial charge is 0.408 e. The van der Waals surface area contributed by atoms with Crippen molar-refractivity contribution in [2.45, 2.75) is 44.9 Å². The van der Waals surface area contributed by atoms with Crippen molar-refractivity contribution in [3.05, 3.63) is 41.8 Å². The summed E-state index contributed by atoms with van der Waals surface area (Å²) in [6.07, 6.45) is 3.11. The Morgan fingerprint density at radius 1 is 1.11 bits per heavy atom. The van der Waals surface area contributed by atoms with Crippen LogP contribution in [-0.2, 0) is 4.79 Å². The molecule has 1 saturated carbocycles. The van der Waals surface area contributed by atoms with E-state index in [0.29, 0.717) is 43.3 Å². The summed E-state index contributed by atoms with van der Waals surface area (Å²) in [5.74, 6) is 2.20. The number of aromatic nitrogens is 2. The third-order valence-corrected chi connectivity index (χ3v) is 5.64. The maximum absolute atomic E-state index is 12.9. The van der Waals surface area contributed by atoms with Crippen LogP contribution in [0.4, 0.5) is 6.01 Å². The quantitative estimate of drug-likeness (QED) is 0.782. The molecule has 2 fully saturated rings. The van der Waals surface area contributed by atoms with Gasteiger partial charge >= 0.3 is 6.01 Å². The summed E-state index contributed by atoms with van der Waals surface area (Å²) in [6.45, 7) is 6.98. The molecule has 0 spiro atoms. The molecule has 4 rings (SSSR count). The number of carbonyl (C=O) groups excluding carboxylic acids is 1. The first-order valence-corrected chi connectivity index (χ1v) is 10.0. The first-order valence-electron chi connectivity index (χ1n) is 10.0. The van der Waals surface area contributed by atoms with Crippen molar-refractivity contribution >= 4 is 11.9 Å². The molecule has 1 saturated heterocycles. The molecule has 1 amide bonds. The van der Waals surface area contributed by atoms with E-state index in [1.807, 2.05) is 24.8 Å². The number of rotatable bonds is 6. The molecular formula is C21H28N4O2. The highest BCUT2D eigenvalue weighted by atomic mass is 16.4. The van der Waals surface area contributed by atoms with E-state index in [0.717, 1.165) is 13.1 Å². The predicted octanol–water partition coefficient (Wildman–Crippen LogP) is 3.43. The second-order valence-electron chi connectivity index (χ2n) is 8.00. The minimum Gasteiger partial charge on any atom is -0.408 e. The van der Waals surface area contributed by atoms with Crippen LogP contribution in [0, 0.1) is 5.92 Å². The normalized spacial score (nSPS) is 18.8. The van der Waals surface area contributed by atoms with Gasteiger partial charge in [-0.25, -0.2) is 0 Å². The molecular weight excluding hydrogens is 340 g/mol. The van der Waals surface area contributed by atoms with E-state index < -0.39 is 0 Å². The van der Waals surface area contributed by atoms with Gasteiger partial charge in [0.05, 0.1) is 0 Å². The van der Waals surface area contributed by atoms with E-state index >= 15 is 0 Å². The molecule has 1 unspecified atom stereocenters. The molecule has 0 radical (unpaired) electrons. The van der Waals surface area contributed by atoms with Crippen LogP contribution in [0.2, 0.25) is 0 Å². The number of carbonyl (C=O) groups is 1. The van der Waals surface area contributed by atoms with E-state index in [1.165, 1.54) is 18.4 Å². The van der Waals surface area contributed by atoms with Crippen molar-refractivity contribution in [2.24, 2.45) is 5.92 Å². The number of hydrogen-bond acceptors (Lipinski definition) is 5. The van der Waals surface area contributed by atoms with Crippen molar-refractivity contribution in [2.75, 3.05) is 31.1 Å². The molecule has 0 N–H and O–H groups in total. The van der Waals surface area contributed by atoms with Gasteiger partial charge in [-0.2, -0.15) is 0 Å². The highest BCUT2D eigenvalue weighted by molar-refractivity contribution is 5.77. The zero-order valence-electron chi connectivity index (χ0n) is 16.2. The van der Waals surface area contributed by atoms with Crippen LogP contribution >= 0.6 is 0 Å². The Morgan fingerprint density at radius 2 is 1.81 bits per heavy atom. The Morgan fingerprint density at radius 3 is 2.41 bits per heavy atom. The lowest BCUT2D eigenvalue weighted by Crippen LogP contribution is -2.49. The minimum absolute atomic E-state index is 0.228. The van der Waals surface area contributed by atoms with Gasteiger partial charge in [-0.1, -0.05) is 49.3 Å². The number of hydrogen-bond donors (Lipinski definition) is 0. The lowest BCUT2D eigenvalue weighted by atomic mass is 9.90. The molecule has 0 bridgehead atoms. The molecule has 2 aliphatic rings. The Labute approximate surface area is 160 Å². The number of amides is 1. The van der Waals surface area contributed by atoms with Crippen LogP contribution in [0.25, 0.3) is 0 Å². The number of anilines is 1. The maximum Gasteiger partial charge on any atom is 0.318 e. The molecule has 1 atom stereocenters. The first-order chi connectivity index (χ1) is 13.1. The second kappa shape index (κ2) is 7.71. The van der Waals surface area contributed by atoms with Crippen molar-refractivity contribution in [3.8, 4) is 0 Å². The minimum atomic E-state index is 0.228. The molecule has 2 heterocycles. The van der Waals surface area contributed by atoms with Gasteiger partial charge in [0, 0.05) is 38.5 Å². The summed E-state index contributed by atoms with van der Waals surface area (Å²) in [6, 6.07) is 11.1. The van der Waals surface area contributed by atoms with E-state index in [2.05, 4.69) is 39.4 Å². The van der Waals surface area contributed by atoms with Gasteiger partial charge in [0.25, 0.3) is 0 Å². The average Bonchev–Trinajstić information content (AvgIpc) is 3.41. The fraction of sp³-hybridized carbons (Fsp3) is 0.571. The SMILES string of the molecule is CC(C)c1nnc(N2CCN(C(=O)CC(c3ccccc3)C3CC3)CC2)o1. The van der Waals surface area contributed by atoms with Crippen molar-refractivity contribution < 1.29 is 9.21 Å². The number of nitrogens with zero attached hydrogens (tertiary/aromatic N) is 4. The monoisotopic (exact) mass is 368 g/mol. The first kappa shape index (κ1) is 18.0. The Bertz CT molecular complexity index is 761. The van der Waals surface area contributed by atoms with Crippen molar-refractivity contribution in [1.29, 1.82) is 0 Å². The molecule has 1 aliphatic carbocycles. The van der Waals surface area contributed by atoms with Crippen LogP contribution in [0.5, 0.6) is 0 Å². The van der Waals surface area contributed by atoms with Crippen LogP contribution in [0.15, 0.2) is 34.7 Å². The summed E-state index contributed by atoms with van der Waals surface area (Å²) in [5.41, 5.74) is 1.30. The second-order valence-corrected chi connectivity index (χ2v) is 8.00. The molecule has 1 aromatic heterocycles. The predicted molar refractivity (Wildman–Crippen MR) is 104 cm³/mol. The highest BCUT2D eigenvalue weighted by Crippen LogP contribution is 2.44. The average molecular weight is 368 g/mol. The smallest absolute Gasteiger partial charge is 0.318 e. The fourth-order valence-electron chi connectivity index (χ4n) is 3.81. The summed E-state index contributed by atoms with van der Waals surface area (Å²) in [7, 11) is 0. The lowest BCUT2D eigenvalue weighted by Gasteiger charge is -2.34. The summed E-state index contributed by atoms with van der Waals surface area (Å²) >= 11 is 0. The summed E-state index contributed by atoms with van der Waals surface area (Å²) < 4.78 is 5.74. The van der Waals surface area contributed by atoms with Crippen LogP contribution in [0.3, 0.4) is 0 Å². The van der Waals surface area contributed by atoms with E-state index in [-0.39, 0.29) is 11.8 Å². The van der Waals surface area contributed by atoms with E-state index in [9.17, 15) is 4.79 Å². The van der Waals surface area contributed by atoms with Crippen LogP contribution in [0.1, 0.15) is 56.4 Å². The van der Waals surface area contributed by atoms with Gasteiger partial charge in [0.2, 0.25) is 11.8 Å². The third kappa shape index (κ3) is 4.15. The third-order valence-electron chi connectivity index (χ3n) is 5.64. The highest BCUT2D eigenvalue weighted by Gasteiger charge is 2.35. The lowest BCUT2D eigenvalue weighted by molar-refractivity contribution is -0.132. The van der Waals surface area contributed by atoms with Gasteiger partial charge in [0.1, 0.15) is 0 Å². The number of benzene rings is 1. The maximum atomic E-state index is 12.9. The zero-order valence-corrected chi connectivity index (χ0v) is 16.2. The zero-order chi connectivity index (χ0) is 18.8. The molecule has 1 aliphatic heterocycles. The van der Waals surface area contributed by atoms with Gasteiger partial charge in [0.15, 0.2) is 0 Å². The molecule has 2 aromatic rings. The van der Waals surface area contributed by atoms with Gasteiger partial charge < -0.3 is 14.2 Å². The molecule has 6 nitrogen and oxygen atoms in total. The van der Waals surface area contributed by atoms with Crippen molar-refractivity contribution in [3.63, 3.8) is 0 Å². The van der Waals surface area contributed by atoms with Gasteiger partial charge in [-0.15, -0.1) is 5.10 Å². The van der Waals surface area contributed by atoms with E-state index in [4.69, 9.17) is 4.42 Å². The Kier molecular flexibility index (Phi) is 5.14. The van der Waals surface area contributed by atoms with Gasteiger partial charge in [-0.05, 0) is 30.2 Å². The van der Waals surface area contributed by atoms with Gasteiger partial charge in [-0.3, -0.25) is 4.79 Å². The van der Waals surface area contributed by atoms with E-state index in [1.54, 1.807) is 0 Å². The fourth-order valence-corrected chi connectivity index (χ4v) is 3.81. The topological polar surface area (TPSA) is 62.5 Å². The van der Waals surface area contributed by atoms with Crippen LogP contribution < -0.4 is 4.90 Å². The Hall–Kier alpha value is -2.37. The molecule has 1 aromatic carbocycles. The standard InChI is InChI=1S/C21H28N4O2/c1-15(2)20-22-23-21(27-20)25-12-10-24(11-13-25)19(26)14-18(17-8-9-17)16-6-4-3-5-7-16/h3-7,15,17-18H,8-14H2,1-2H3.